The van der Waals surface area contributed by atoms with Crippen LogP contribution in [0.15, 0.2) is 36.7 Å². The second-order valence-electron chi connectivity index (χ2n) is 3.75. The number of hydrogen-bond acceptors (Lipinski definition) is 3. The van der Waals surface area contributed by atoms with Gasteiger partial charge in [-0.2, -0.15) is 0 Å². The summed E-state index contributed by atoms with van der Waals surface area (Å²) in [7, 11) is 0. The molecule has 0 fully saturated rings. The van der Waals surface area contributed by atoms with Crippen LogP contribution in [-0.2, 0) is 13.2 Å². The monoisotopic (exact) mass is 251 g/mol. The Hall–Kier alpha value is -2.01. The molecule has 1 aromatic heterocycles. The zero-order valence-corrected chi connectivity index (χ0v) is 9.44. The summed E-state index contributed by atoms with van der Waals surface area (Å²) in [6, 6.07) is 5.23. The van der Waals surface area contributed by atoms with E-state index in [0.29, 0.717) is 11.1 Å². The minimum Gasteiger partial charge on any atom is -0.489 e. The SMILES string of the molecule is OCc1cc(F)cc(OCc2cncc(F)c2)c1. The second-order valence-corrected chi connectivity index (χ2v) is 3.75. The van der Waals surface area contributed by atoms with E-state index in [-0.39, 0.29) is 19.0 Å². The van der Waals surface area contributed by atoms with Gasteiger partial charge in [0.2, 0.25) is 0 Å². The highest BCUT2D eigenvalue weighted by atomic mass is 19.1. The van der Waals surface area contributed by atoms with Crippen LogP contribution in [0.3, 0.4) is 0 Å². The van der Waals surface area contributed by atoms with Crippen LogP contribution >= 0.6 is 0 Å². The number of hydrogen-bond donors (Lipinski definition) is 1. The Labute approximate surface area is 103 Å². The molecule has 1 aromatic carbocycles. The van der Waals surface area contributed by atoms with Gasteiger partial charge in [0, 0.05) is 17.8 Å². The zero-order valence-electron chi connectivity index (χ0n) is 9.44. The molecular weight excluding hydrogens is 240 g/mol. The summed E-state index contributed by atoms with van der Waals surface area (Å²) >= 11 is 0. The quantitative estimate of drug-likeness (QED) is 0.907. The third-order valence-electron chi connectivity index (χ3n) is 2.28. The zero-order chi connectivity index (χ0) is 13.0. The molecule has 0 saturated heterocycles. The number of benzene rings is 1. The van der Waals surface area contributed by atoms with Gasteiger partial charge in [-0.3, -0.25) is 4.98 Å². The highest BCUT2D eigenvalue weighted by Crippen LogP contribution is 2.18. The number of aliphatic hydroxyl groups excluding tert-OH is 1. The van der Waals surface area contributed by atoms with Crippen molar-refractivity contribution in [2.24, 2.45) is 0 Å². The fourth-order valence-electron chi connectivity index (χ4n) is 1.50. The van der Waals surface area contributed by atoms with Crippen LogP contribution in [0.5, 0.6) is 5.75 Å². The number of pyridine rings is 1. The normalized spacial score (nSPS) is 10.4. The van der Waals surface area contributed by atoms with E-state index in [4.69, 9.17) is 9.84 Å². The van der Waals surface area contributed by atoms with Crippen molar-refractivity contribution in [3.63, 3.8) is 0 Å². The van der Waals surface area contributed by atoms with Crippen LogP contribution in [0.25, 0.3) is 0 Å². The lowest BCUT2D eigenvalue weighted by Crippen LogP contribution is -1.98. The first-order chi connectivity index (χ1) is 8.67. The van der Waals surface area contributed by atoms with E-state index in [0.717, 1.165) is 6.20 Å². The Kier molecular flexibility index (Phi) is 3.84. The molecule has 2 rings (SSSR count). The molecule has 1 N–H and O–H groups in total. The van der Waals surface area contributed by atoms with Crippen molar-refractivity contribution in [2.75, 3.05) is 0 Å². The smallest absolute Gasteiger partial charge is 0.141 e. The summed E-state index contributed by atoms with van der Waals surface area (Å²) in [5, 5.41) is 8.93. The molecule has 0 unspecified atom stereocenters. The molecule has 0 spiro atoms. The predicted molar refractivity (Wildman–Crippen MR) is 60.8 cm³/mol. The molecule has 18 heavy (non-hydrogen) atoms. The van der Waals surface area contributed by atoms with Gasteiger partial charge < -0.3 is 9.84 Å². The number of nitrogens with zero attached hydrogens (tertiary/aromatic N) is 1. The minimum atomic E-state index is -0.492. The topological polar surface area (TPSA) is 42.4 Å². The lowest BCUT2D eigenvalue weighted by molar-refractivity contribution is 0.276. The van der Waals surface area contributed by atoms with Gasteiger partial charge >= 0.3 is 0 Å². The van der Waals surface area contributed by atoms with Gasteiger partial charge in [-0.05, 0) is 23.8 Å². The van der Waals surface area contributed by atoms with Crippen LogP contribution in [-0.4, -0.2) is 10.1 Å². The number of rotatable bonds is 4. The minimum absolute atomic E-state index is 0.0824. The fourth-order valence-corrected chi connectivity index (χ4v) is 1.50. The molecular formula is C13H11F2NO2. The molecule has 0 bridgehead atoms. The molecule has 94 valence electrons. The summed E-state index contributed by atoms with van der Waals surface area (Å²) in [6.07, 6.45) is 2.56. The first-order valence-electron chi connectivity index (χ1n) is 5.30. The molecule has 0 aliphatic rings. The van der Waals surface area contributed by atoms with Crippen molar-refractivity contribution in [1.82, 2.24) is 4.98 Å². The van der Waals surface area contributed by atoms with E-state index in [1.54, 1.807) is 0 Å². The fraction of sp³-hybridized carbons (Fsp3) is 0.154. The molecule has 0 radical (unpaired) electrons. The Balaban J connectivity index is 2.08. The van der Waals surface area contributed by atoms with E-state index in [1.807, 2.05) is 0 Å². The molecule has 0 aliphatic heterocycles. The summed E-state index contributed by atoms with van der Waals surface area (Å²) in [5.74, 6) is -0.663. The van der Waals surface area contributed by atoms with Crippen molar-refractivity contribution in [3.05, 3.63) is 59.4 Å². The maximum absolute atomic E-state index is 13.1. The van der Waals surface area contributed by atoms with Crippen LogP contribution in [0.2, 0.25) is 0 Å². The Morgan fingerprint density at radius 3 is 2.50 bits per heavy atom. The van der Waals surface area contributed by atoms with Crippen molar-refractivity contribution >= 4 is 0 Å². The van der Waals surface area contributed by atoms with E-state index in [9.17, 15) is 8.78 Å². The number of aliphatic hydroxyl groups is 1. The predicted octanol–water partition coefficient (Wildman–Crippen LogP) is 2.43. The van der Waals surface area contributed by atoms with Crippen molar-refractivity contribution < 1.29 is 18.6 Å². The van der Waals surface area contributed by atoms with Gasteiger partial charge in [0.15, 0.2) is 0 Å². The van der Waals surface area contributed by atoms with Gasteiger partial charge in [-0.15, -0.1) is 0 Å². The highest BCUT2D eigenvalue weighted by Gasteiger charge is 2.03. The molecule has 0 aliphatic carbocycles. The van der Waals surface area contributed by atoms with Crippen molar-refractivity contribution in [3.8, 4) is 5.75 Å². The van der Waals surface area contributed by atoms with Crippen molar-refractivity contribution in [2.45, 2.75) is 13.2 Å². The first kappa shape index (κ1) is 12.4. The second kappa shape index (κ2) is 5.55. The number of ether oxygens (including phenoxy) is 1. The van der Waals surface area contributed by atoms with Crippen LogP contribution in [0, 0.1) is 11.6 Å². The molecule has 0 atom stereocenters. The first-order valence-corrected chi connectivity index (χ1v) is 5.30. The van der Waals surface area contributed by atoms with Crippen LogP contribution < -0.4 is 4.74 Å². The van der Waals surface area contributed by atoms with E-state index in [2.05, 4.69) is 4.98 Å². The summed E-state index contributed by atoms with van der Waals surface area (Å²) in [4.78, 5) is 3.68. The van der Waals surface area contributed by atoms with Gasteiger partial charge in [0.05, 0.1) is 12.8 Å². The molecule has 0 saturated carbocycles. The largest absolute Gasteiger partial charge is 0.489 e. The molecule has 5 heteroatoms. The Morgan fingerprint density at radius 2 is 1.78 bits per heavy atom. The lowest BCUT2D eigenvalue weighted by Gasteiger charge is -2.07. The molecule has 2 aromatic rings. The van der Waals surface area contributed by atoms with E-state index >= 15 is 0 Å². The van der Waals surface area contributed by atoms with Crippen molar-refractivity contribution in [1.29, 1.82) is 0 Å². The molecule has 3 nitrogen and oxygen atoms in total. The van der Waals surface area contributed by atoms with E-state index in [1.165, 1.54) is 30.5 Å². The van der Waals surface area contributed by atoms with Gasteiger partial charge in [0.1, 0.15) is 24.0 Å². The number of aromatic nitrogens is 1. The highest BCUT2D eigenvalue weighted by molar-refractivity contribution is 5.29. The van der Waals surface area contributed by atoms with E-state index < -0.39 is 11.6 Å². The van der Waals surface area contributed by atoms with Gasteiger partial charge in [-0.25, -0.2) is 8.78 Å². The average molecular weight is 251 g/mol. The third-order valence-corrected chi connectivity index (χ3v) is 2.28. The summed E-state index contributed by atoms with van der Waals surface area (Å²) in [5.41, 5.74) is 0.965. The Bertz CT molecular complexity index is 546. The maximum atomic E-state index is 13.1. The third kappa shape index (κ3) is 3.24. The van der Waals surface area contributed by atoms with Crippen LogP contribution in [0.1, 0.15) is 11.1 Å². The van der Waals surface area contributed by atoms with Crippen LogP contribution in [0.4, 0.5) is 8.78 Å². The number of halogens is 2. The summed E-state index contributed by atoms with van der Waals surface area (Å²) in [6.45, 7) is -0.186. The summed E-state index contributed by atoms with van der Waals surface area (Å²) < 4.78 is 31.3. The average Bonchev–Trinajstić information content (AvgIpc) is 2.36. The van der Waals surface area contributed by atoms with Gasteiger partial charge in [-0.1, -0.05) is 0 Å². The maximum Gasteiger partial charge on any atom is 0.141 e. The molecule has 1 heterocycles. The molecule has 0 amide bonds. The van der Waals surface area contributed by atoms with Gasteiger partial charge in [0.25, 0.3) is 0 Å². The standard InChI is InChI=1S/C13H11F2NO2/c14-11-1-9(7-17)3-13(4-11)18-8-10-2-12(15)6-16-5-10/h1-6,17H,7-8H2. The lowest BCUT2D eigenvalue weighted by atomic mass is 10.2. The Morgan fingerprint density at radius 1 is 1.00 bits per heavy atom.